The fraction of sp³-hybridized carbons (Fsp3) is 0.235. The predicted octanol–water partition coefficient (Wildman–Crippen LogP) is 2.47. The highest BCUT2D eigenvalue weighted by molar-refractivity contribution is 7.88. The van der Waals surface area contributed by atoms with Crippen molar-refractivity contribution in [1.29, 1.82) is 0 Å². The predicted molar refractivity (Wildman–Crippen MR) is 98.3 cm³/mol. The first-order chi connectivity index (χ1) is 12.1. The van der Waals surface area contributed by atoms with Crippen molar-refractivity contribution in [3.8, 4) is 0 Å². The Morgan fingerprint density at radius 1 is 1.19 bits per heavy atom. The lowest BCUT2D eigenvalue weighted by molar-refractivity contribution is -0.384. The number of carbonyl (C=O) groups is 1. The van der Waals surface area contributed by atoms with E-state index in [2.05, 4.69) is 5.32 Å². The molecular formula is C17H19N3O5S. The number of anilines is 1. The van der Waals surface area contributed by atoms with Gasteiger partial charge in [-0.2, -0.15) is 4.31 Å². The number of benzene rings is 2. The van der Waals surface area contributed by atoms with E-state index in [1.54, 1.807) is 37.3 Å². The minimum Gasteiger partial charge on any atom is -0.324 e. The minimum atomic E-state index is -3.65. The van der Waals surface area contributed by atoms with Gasteiger partial charge in [0.2, 0.25) is 15.9 Å². The van der Waals surface area contributed by atoms with Gasteiger partial charge in [-0.05, 0) is 18.1 Å². The summed E-state index contributed by atoms with van der Waals surface area (Å²) in [5.41, 5.74) is 1.20. The summed E-state index contributed by atoms with van der Waals surface area (Å²) in [7, 11) is -2.34. The van der Waals surface area contributed by atoms with Crippen LogP contribution < -0.4 is 5.32 Å². The maximum Gasteiger partial charge on any atom is 0.271 e. The summed E-state index contributed by atoms with van der Waals surface area (Å²) < 4.78 is 24.9. The van der Waals surface area contributed by atoms with Gasteiger partial charge in [0.25, 0.3) is 5.69 Å². The number of likely N-dealkylation sites (N-methyl/N-ethyl adjacent to an activating group) is 1. The number of hydrogen-bond acceptors (Lipinski definition) is 5. The Balaban J connectivity index is 2.42. The molecule has 1 amide bonds. The van der Waals surface area contributed by atoms with Crippen molar-refractivity contribution < 1.29 is 18.1 Å². The molecule has 2 aromatic carbocycles. The number of non-ortho nitro benzene ring substituents is 1. The number of sulfonamides is 1. The zero-order chi connectivity index (χ0) is 19.5. The Morgan fingerprint density at radius 2 is 1.81 bits per heavy atom. The van der Waals surface area contributed by atoms with E-state index in [9.17, 15) is 23.3 Å². The lowest BCUT2D eigenvalue weighted by atomic mass is 10.1. The number of carbonyl (C=O) groups excluding carboxylic acids is 1. The normalized spacial score (nSPS) is 12.6. The van der Waals surface area contributed by atoms with Gasteiger partial charge >= 0.3 is 0 Å². The Labute approximate surface area is 151 Å². The van der Waals surface area contributed by atoms with Crippen molar-refractivity contribution in [3.63, 3.8) is 0 Å². The van der Waals surface area contributed by atoms with Crippen LogP contribution in [0.15, 0.2) is 48.5 Å². The number of amides is 1. The van der Waals surface area contributed by atoms with Crippen LogP contribution in [0.2, 0.25) is 0 Å². The Hall–Kier alpha value is -2.78. The van der Waals surface area contributed by atoms with Gasteiger partial charge < -0.3 is 5.32 Å². The van der Waals surface area contributed by atoms with E-state index in [-0.39, 0.29) is 11.4 Å². The van der Waals surface area contributed by atoms with Crippen LogP contribution in [-0.2, 0) is 14.8 Å². The lowest BCUT2D eigenvalue weighted by Gasteiger charge is -2.26. The molecule has 0 bridgehead atoms. The number of hydrogen-bond donors (Lipinski definition) is 1. The fourth-order valence-corrected chi connectivity index (χ4v) is 3.01. The van der Waals surface area contributed by atoms with Gasteiger partial charge in [-0.3, -0.25) is 14.9 Å². The van der Waals surface area contributed by atoms with Crippen LogP contribution in [0.1, 0.15) is 17.2 Å². The fourth-order valence-electron chi connectivity index (χ4n) is 2.41. The van der Waals surface area contributed by atoms with Crippen LogP contribution in [0.25, 0.3) is 0 Å². The quantitative estimate of drug-likeness (QED) is 0.614. The highest BCUT2D eigenvalue weighted by Crippen LogP contribution is 2.26. The molecule has 8 nitrogen and oxygen atoms in total. The molecule has 0 aromatic heterocycles. The summed E-state index contributed by atoms with van der Waals surface area (Å²) in [6.07, 6.45) is 1.01. The van der Waals surface area contributed by atoms with Gasteiger partial charge in [-0.25, -0.2) is 8.42 Å². The molecule has 2 rings (SSSR count). The highest BCUT2D eigenvalue weighted by Gasteiger charge is 2.31. The molecule has 2 aromatic rings. The van der Waals surface area contributed by atoms with Crippen LogP contribution in [0.4, 0.5) is 11.4 Å². The maximum absolute atomic E-state index is 12.8. The van der Waals surface area contributed by atoms with E-state index in [1.807, 2.05) is 0 Å². The van der Waals surface area contributed by atoms with Crippen LogP contribution in [0.3, 0.4) is 0 Å². The molecule has 0 saturated carbocycles. The van der Waals surface area contributed by atoms with Gasteiger partial charge in [-0.1, -0.05) is 36.4 Å². The summed E-state index contributed by atoms with van der Waals surface area (Å²) in [4.78, 5) is 23.2. The Bertz CT molecular complexity index is 929. The third-order valence-corrected chi connectivity index (χ3v) is 5.20. The molecule has 9 heteroatoms. The number of nitrogens with one attached hydrogen (secondary N) is 1. The molecule has 0 heterocycles. The van der Waals surface area contributed by atoms with Crippen molar-refractivity contribution in [2.75, 3.05) is 18.6 Å². The van der Waals surface area contributed by atoms with Crippen LogP contribution >= 0.6 is 0 Å². The van der Waals surface area contributed by atoms with Crippen molar-refractivity contribution in [2.45, 2.75) is 13.0 Å². The van der Waals surface area contributed by atoms with E-state index in [0.29, 0.717) is 11.1 Å². The van der Waals surface area contributed by atoms with Gasteiger partial charge in [0, 0.05) is 19.2 Å². The number of nitro benzene ring substituents is 1. The molecule has 0 fully saturated rings. The Morgan fingerprint density at radius 3 is 2.35 bits per heavy atom. The second-order valence-electron chi connectivity index (χ2n) is 5.84. The van der Waals surface area contributed by atoms with Crippen molar-refractivity contribution in [3.05, 3.63) is 69.8 Å². The number of rotatable bonds is 6. The van der Waals surface area contributed by atoms with Gasteiger partial charge in [0.05, 0.1) is 16.9 Å². The van der Waals surface area contributed by atoms with Gasteiger partial charge in [0.1, 0.15) is 6.04 Å². The molecule has 0 radical (unpaired) electrons. The van der Waals surface area contributed by atoms with Crippen LogP contribution in [-0.4, -0.2) is 36.9 Å². The molecule has 138 valence electrons. The third kappa shape index (κ3) is 4.44. The summed E-state index contributed by atoms with van der Waals surface area (Å²) in [5.74, 6) is -0.604. The average molecular weight is 377 g/mol. The highest BCUT2D eigenvalue weighted by atomic mass is 32.2. The van der Waals surface area contributed by atoms with Gasteiger partial charge in [-0.15, -0.1) is 0 Å². The van der Waals surface area contributed by atoms with E-state index in [0.717, 1.165) is 10.6 Å². The Kier molecular flexibility index (Phi) is 5.73. The monoisotopic (exact) mass is 377 g/mol. The van der Waals surface area contributed by atoms with Crippen molar-refractivity contribution in [1.82, 2.24) is 4.31 Å². The minimum absolute atomic E-state index is 0.168. The van der Waals surface area contributed by atoms with Crippen LogP contribution in [0.5, 0.6) is 0 Å². The largest absolute Gasteiger partial charge is 0.324 e. The molecular weight excluding hydrogens is 358 g/mol. The molecule has 0 aliphatic rings. The second-order valence-corrected chi connectivity index (χ2v) is 7.88. The van der Waals surface area contributed by atoms with E-state index < -0.39 is 26.9 Å². The summed E-state index contributed by atoms with van der Waals surface area (Å²) in [6.45, 7) is 1.69. The van der Waals surface area contributed by atoms with Crippen LogP contribution in [0, 0.1) is 17.0 Å². The molecule has 1 unspecified atom stereocenters. The summed E-state index contributed by atoms with van der Waals surface area (Å²) >= 11 is 0. The molecule has 1 atom stereocenters. The first-order valence-electron chi connectivity index (χ1n) is 7.65. The number of nitrogens with zero attached hydrogens (tertiary/aromatic N) is 2. The summed E-state index contributed by atoms with van der Waals surface area (Å²) in [6, 6.07) is 11.4. The number of nitro groups is 1. The SMILES string of the molecule is Cc1ccc([N+](=O)[O-])cc1NC(=O)C(c1ccccc1)N(C)S(C)(=O)=O. The van der Waals surface area contributed by atoms with Crippen molar-refractivity contribution >= 4 is 27.3 Å². The second kappa shape index (κ2) is 7.63. The smallest absolute Gasteiger partial charge is 0.271 e. The molecule has 0 aliphatic carbocycles. The van der Waals surface area contributed by atoms with E-state index >= 15 is 0 Å². The molecule has 0 spiro atoms. The van der Waals surface area contributed by atoms with Gasteiger partial charge in [0.15, 0.2) is 0 Å². The number of aryl methyl sites for hydroxylation is 1. The first-order valence-corrected chi connectivity index (χ1v) is 9.50. The average Bonchev–Trinajstić information content (AvgIpc) is 2.57. The maximum atomic E-state index is 12.8. The van der Waals surface area contributed by atoms with E-state index in [4.69, 9.17) is 0 Å². The molecule has 1 N–H and O–H groups in total. The first kappa shape index (κ1) is 19.5. The topological polar surface area (TPSA) is 110 Å². The van der Waals surface area contributed by atoms with Crippen molar-refractivity contribution in [2.24, 2.45) is 0 Å². The lowest BCUT2D eigenvalue weighted by Crippen LogP contribution is -2.38. The standard InChI is InChI=1S/C17H19N3O5S/c1-12-9-10-14(20(22)23)11-15(12)18-17(21)16(19(2)26(3,24)25)13-7-5-4-6-8-13/h4-11,16H,1-3H3,(H,18,21). The van der Waals surface area contributed by atoms with E-state index in [1.165, 1.54) is 25.2 Å². The molecule has 0 aliphatic heterocycles. The third-order valence-electron chi connectivity index (χ3n) is 3.94. The zero-order valence-electron chi connectivity index (χ0n) is 14.5. The molecule has 26 heavy (non-hydrogen) atoms. The molecule has 0 saturated heterocycles. The summed E-state index contributed by atoms with van der Waals surface area (Å²) in [5, 5.41) is 13.6. The zero-order valence-corrected chi connectivity index (χ0v) is 15.4.